The Balaban J connectivity index is 1.63. The van der Waals surface area contributed by atoms with Gasteiger partial charge in [-0.25, -0.2) is 4.98 Å². The van der Waals surface area contributed by atoms with E-state index in [9.17, 15) is 4.79 Å². The second-order valence-electron chi connectivity index (χ2n) is 8.20. The van der Waals surface area contributed by atoms with Crippen molar-refractivity contribution in [1.82, 2.24) is 24.2 Å². The highest BCUT2D eigenvalue weighted by Crippen LogP contribution is 2.33. The van der Waals surface area contributed by atoms with Crippen molar-refractivity contribution in [3.8, 4) is 0 Å². The van der Waals surface area contributed by atoms with Crippen molar-refractivity contribution in [2.75, 3.05) is 13.1 Å². The van der Waals surface area contributed by atoms with E-state index in [4.69, 9.17) is 4.98 Å². The van der Waals surface area contributed by atoms with Crippen molar-refractivity contribution in [3.05, 3.63) is 47.5 Å². The number of para-hydroxylation sites is 2. The Bertz CT molecular complexity index is 985. The van der Waals surface area contributed by atoms with Crippen molar-refractivity contribution >= 4 is 16.9 Å². The van der Waals surface area contributed by atoms with Crippen LogP contribution < -0.4 is 0 Å². The number of aryl methyl sites for hydroxylation is 2. The van der Waals surface area contributed by atoms with Gasteiger partial charge in [0.2, 0.25) is 0 Å². The van der Waals surface area contributed by atoms with Crippen molar-refractivity contribution in [2.45, 2.75) is 39.2 Å². The minimum absolute atomic E-state index is 0.0473. The lowest BCUT2D eigenvalue weighted by Crippen LogP contribution is -2.51. The Morgan fingerprint density at radius 3 is 2.50 bits per heavy atom. The van der Waals surface area contributed by atoms with Gasteiger partial charge in [0, 0.05) is 25.6 Å². The molecule has 3 aromatic rings. The van der Waals surface area contributed by atoms with E-state index in [1.807, 2.05) is 37.1 Å². The molecule has 26 heavy (non-hydrogen) atoms. The molecule has 0 N–H and O–H groups in total. The van der Waals surface area contributed by atoms with Crippen LogP contribution in [0.15, 0.2) is 30.3 Å². The molecule has 1 saturated heterocycles. The minimum atomic E-state index is -0.0530. The van der Waals surface area contributed by atoms with Gasteiger partial charge in [-0.3, -0.25) is 9.48 Å². The van der Waals surface area contributed by atoms with Gasteiger partial charge in [-0.1, -0.05) is 32.9 Å². The number of rotatable bonds is 2. The van der Waals surface area contributed by atoms with Crippen molar-refractivity contribution in [1.29, 1.82) is 0 Å². The number of hydrogen-bond acceptors (Lipinski definition) is 3. The molecule has 2 aromatic heterocycles. The minimum Gasteiger partial charge on any atom is -0.333 e. The van der Waals surface area contributed by atoms with Gasteiger partial charge in [0.15, 0.2) is 0 Å². The van der Waals surface area contributed by atoms with E-state index < -0.39 is 0 Å². The summed E-state index contributed by atoms with van der Waals surface area (Å²) < 4.78 is 3.99. The van der Waals surface area contributed by atoms with E-state index in [1.54, 1.807) is 4.68 Å². The van der Waals surface area contributed by atoms with Crippen LogP contribution in [0.1, 0.15) is 48.8 Å². The van der Waals surface area contributed by atoms with Crippen LogP contribution in [0.4, 0.5) is 0 Å². The average Bonchev–Trinajstić information content (AvgIpc) is 3.06. The number of aromatic nitrogens is 4. The molecule has 1 fully saturated rings. The second kappa shape index (κ2) is 5.69. The molecule has 6 nitrogen and oxygen atoms in total. The molecule has 0 unspecified atom stereocenters. The van der Waals surface area contributed by atoms with E-state index in [1.165, 1.54) is 0 Å². The number of benzene rings is 1. The fourth-order valence-corrected chi connectivity index (χ4v) is 3.70. The topological polar surface area (TPSA) is 56.0 Å². The number of nitrogens with zero attached hydrogens (tertiary/aromatic N) is 5. The van der Waals surface area contributed by atoms with Gasteiger partial charge in [0.05, 0.1) is 22.8 Å². The van der Waals surface area contributed by atoms with Crippen molar-refractivity contribution in [3.63, 3.8) is 0 Å². The van der Waals surface area contributed by atoms with Gasteiger partial charge in [0.1, 0.15) is 11.5 Å². The number of imidazole rings is 1. The lowest BCUT2D eigenvalue weighted by molar-refractivity contribution is 0.0507. The van der Waals surface area contributed by atoms with Crippen LogP contribution in [-0.2, 0) is 12.5 Å². The Hall–Kier alpha value is -2.63. The van der Waals surface area contributed by atoms with E-state index in [0.717, 1.165) is 22.6 Å². The molecular weight excluding hydrogens is 326 g/mol. The van der Waals surface area contributed by atoms with Gasteiger partial charge >= 0.3 is 0 Å². The standard InChI is InChI=1S/C20H25N5O/c1-13-10-17(23(5)22-13)18(26)24-11-14(12-24)25-16-9-7-6-8-15(16)21-19(25)20(2,3)4/h6-10,14H,11-12H2,1-5H3. The summed E-state index contributed by atoms with van der Waals surface area (Å²) in [5.74, 6) is 1.12. The molecule has 1 amide bonds. The normalized spacial score (nSPS) is 15.5. The summed E-state index contributed by atoms with van der Waals surface area (Å²) in [4.78, 5) is 19.5. The van der Waals surface area contributed by atoms with E-state index >= 15 is 0 Å². The first-order chi connectivity index (χ1) is 12.3. The Morgan fingerprint density at radius 2 is 1.88 bits per heavy atom. The summed E-state index contributed by atoms with van der Waals surface area (Å²) in [6.07, 6.45) is 0. The molecule has 0 bridgehead atoms. The molecule has 1 aliphatic rings. The molecule has 1 aromatic carbocycles. The van der Waals surface area contributed by atoms with E-state index in [2.05, 4.69) is 42.6 Å². The third kappa shape index (κ3) is 2.60. The molecule has 0 spiro atoms. The maximum atomic E-state index is 12.8. The molecule has 0 atom stereocenters. The van der Waals surface area contributed by atoms with Crippen molar-refractivity contribution in [2.24, 2.45) is 7.05 Å². The van der Waals surface area contributed by atoms with Gasteiger partial charge in [0.25, 0.3) is 5.91 Å². The summed E-state index contributed by atoms with van der Waals surface area (Å²) in [6, 6.07) is 10.4. The first-order valence-electron chi connectivity index (χ1n) is 9.03. The second-order valence-corrected chi connectivity index (χ2v) is 8.20. The highest BCUT2D eigenvalue weighted by molar-refractivity contribution is 5.93. The third-order valence-corrected chi connectivity index (χ3v) is 5.00. The maximum absolute atomic E-state index is 12.8. The Kier molecular flexibility index (Phi) is 3.68. The predicted octanol–water partition coefficient (Wildman–Crippen LogP) is 3.07. The third-order valence-electron chi connectivity index (χ3n) is 5.00. The molecule has 6 heteroatoms. The molecule has 136 valence electrons. The summed E-state index contributed by atoms with van der Waals surface area (Å²) >= 11 is 0. The molecule has 3 heterocycles. The highest BCUT2D eigenvalue weighted by atomic mass is 16.2. The van der Waals surface area contributed by atoms with Gasteiger partial charge in [-0.2, -0.15) is 5.10 Å². The Morgan fingerprint density at radius 1 is 1.19 bits per heavy atom. The summed E-state index contributed by atoms with van der Waals surface area (Å²) in [6.45, 7) is 9.86. The first-order valence-corrected chi connectivity index (χ1v) is 9.03. The number of hydrogen-bond donors (Lipinski definition) is 0. The van der Waals surface area contributed by atoms with Crippen LogP contribution in [0, 0.1) is 6.92 Å². The number of carbonyl (C=O) groups is 1. The van der Waals surface area contributed by atoms with Crippen LogP contribution in [0.5, 0.6) is 0 Å². The SMILES string of the molecule is Cc1cc(C(=O)N2CC(n3c(C(C)(C)C)nc4ccccc43)C2)n(C)n1. The van der Waals surface area contributed by atoms with Gasteiger partial charge < -0.3 is 9.47 Å². The zero-order valence-electron chi connectivity index (χ0n) is 16.0. The number of amides is 1. The van der Waals surface area contributed by atoms with Gasteiger partial charge in [-0.05, 0) is 25.1 Å². The zero-order chi connectivity index (χ0) is 18.6. The molecule has 1 aliphatic heterocycles. The average molecular weight is 351 g/mol. The molecular formula is C20H25N5O. The smallest absolute Gasteiger partial charge is 0.272 e. The summed E-state index contributed by atoms with van der Waals surface area (Å²) in [7, 11) is 1.82. The van der Waals surface area contributed by atoms with Gasteiger partial charge in [-0.15, -0.1) is 0 Å². The number of fused-ring (bicyclic) bond motifs is 1. The summed E-state index contributed by atoms with van der Waals surface area (Å²) in [5.41, 5.74) is 3.62. The van der Waals surface area contributed by atoms with Crippen LogP contribution >= 0.6 is 0 Å². The molecule has 0 radical (unpaired) electrons. The van der Waals surface area contributed by atoms with Crippen molar-refractivity contribution < 1.29 is 4.79 Å². The number of carbonyl (C=O) groups excluding carboxylic acids is 1. The largest absolute Gasteiger partial charge is 0.333 e. The maximum Gasteiger partial charge on any atom is 0.272 e. The molecule has 0 aliphatic carbocycles. The first kappa shape index (κ1) is 16.8. The van der Waals surface area contributed by atoms with Crippen LogP contribution in [-0.4, -0.2) is 43.2 Å². The predicted molar refractivity (Wildman–Crippen MR) is 101 cm³/mol. The lowest BCUT2D eigenvalue weighted by Gasteiger charge is -2.41. The Labute approximate surface area is 153 Å². The van der Waals surface area contributed by atoms with Crippen LogP contribution in [0.2, 0.25) is 0 Å². The lowest BCUT2D eigenvalue weighted by atomic mass is 9.94. The van der Waals surface area contributed by atoms with Crippen LogP contribution in [0.25, 0.3) is 11.0 Å². The highest BCUT2D eigenvalue weighted by Gasteiger charge is 2.37. The monoisotopic (exact) mass is 351 g/mol. The van der Waals surface area contributed by atoms with E-state index in [-0.39, 0.29) is 17.4 Å². The van der Waals surface area contributed by atoms with E-state index in [0.29, 0.717) is 18.8 Å². The fourth-order valence-electron chi connectivity index (χ4n) is 3.70. The zero-order valence-corrected chi connectivity index (χ0v) is 16.0. The fraction of sp³-hybridized carbons (Fsp3) is 0.450. The molecule has 4 rings (SSSR count). The molecule has 0 saturated carbocycles. The van der Waals surface area contributed by atoms with Crippen LogP contribution in [0.3, 0.4) is 0 Å². The summed E-state index contributed by atoms with van der Waals surface area (Å²) in [5, 5.41) is 4.28. The number of likely N-dealkylation sites (tertiary alicyclic amines) is 1. The quantitative estimate of drug-likeness (QED) is 0.713.